The maximum absolute atomic E-state index is 4.20. The summed E-state index contributed by atoms with van der Waals surface area (Å²) < 4.78 is 0. The zero-order valence-corrected chi connectivity index (χ0v) is 7.83. The Morgan fingerprint density at radius 3 is 3.07 bits per heavy atom. The molecule has 0 unspecified atom stereocenters. The van der Waals surface area contributed by atoms with Crippen molar-refractivity contribution in [3.8, 4) is 11.4 Å². The van der Waals surface area contributed by atoms with E-state index in [0.29, 0.717) is 0 Å². The number of rotatable bonds is 1. The summed E-state index contributed by atoms with van der Waals surface area (Å²) in [6, 6.07) is 6.40. The summed E-state index contributed by atoms with van der Waals surface area (Å²) in [5, 5.41) is 6.89. The third-order valence-electron chi connectivity index (χ3n) is 2.80. The minimum Gasteiger partial charge on any atom is -0.265 e. The van der Waals surface area contributed by atoms with Crippen molar-refractivity contribution < 1.29 is 0 Å². The van der Waals surface area contributed by atoms with Crippen molar-refractivity contribution in [2.75, 3.05) is 0 Å². The number of fused-ring (bicyclic) bond motifs is 1. The molecule has 0 aliphatic heterocycles. The Morgan fingerprint density at radius 1 is 1.21 bits per heavy atom. The smallest absolute Gasteiger partial charge is 0.181 e. The highest BCUT2D eigenvalue weighted by Gasteiger charge is 2.16. The number of hydrogen-bond acceptors (Lipinski definition) is 2. The van der Waals surface area contributed by atoms with Gasteiger partial charge in [-0.2, -0.15) is 5.10 Å². The van der Waals surface area contributed by atoms with E-state index < -0.39 is 0 Å². The van der Waals surface area contributed by atoms with Gasteiger partial charge in [-0.05, 0) is 30.4 Å². The summed E-state index contributed by atoms with van der Waals surface area (Å²) in [6.07, 6.45) is 5.26. The maximum Gasteiger partial charge on any atom is 0.181 e. The summed E-state index contributed by atoms with van der Waals surface area (Å²) in [5.74, 6) is 0.823. The minimum absolute atomic E-state index is 0.823. The van der Waals surface area contributed by atoms with Crippen LogP contribution in [0, 0.1) is 0 Å². The first-order valence-electron chi connectivity index (χ1n) is 4.92. The molecule has 0 saturated heterocycles. The van der Waals surface area contributed by atoms with Crippen LogP contribution in [0.5, 0.6) is 0 Å². The van der Waals surface area contributed by atoms with Gasteiger partial charge in [0.15, 0.2) is 5.82 Å². The number of nitrogens with zero attached hydrogens (tertiary/aromatic N) is 2. The van der Waals surface area contributed by atoms with Gasteiger partial charge in [0.05, 0.1) is 0 Å². The Morgan fingerprint density at radius 2 is 2.21 bits per heavy atom. The fourth-order valence-electron chi connectivity index (χ4n) is 2.17. The molecule has 0 saturated carbocycles. The highest BCUT2D eigenvalue weighted by atomic mass is 15.2. The molecule has 1 aliphatic carbocycles. The van der Waals surface area contributed by atoms with Gasteiger partial charge in [0, 0.05) is 5.56 Å². The number of hydrogen-bond donors (Lipinski definition) is 1. The molecule has 2 aromatic rings. The van der Waals surface area contributed by atoms with Crippen LogP contribution in [-0.2, 0) is 12.8 Å². The third-order valence-corrected chi connectivity index (χ3v) is 2.80. The van der Waals surface area contributed by atoms with E-state index in [2.05, 4.69) is 33.4 Å². The van der Waals surface area contributed by atoms with E-state index in [1.54, 1.807) is 6.33 Å². The van der Waals surface area contributed by atoms with Crippen molar-refractivity contribution in [3.63, 3.8) is 0 Å². The number of aromatic nitrogens is 3. The van der Waals surface area contributed by atoms with E-state index >= 15 is 0 Å². The zero-order valence-electron chi connectivity index (χ0n) is 7.83. The van der Waals surface area contributed by atoms with Crippen molar-refractivity contribution in [1.29, 1.82) is 0 Å². The molecule has 3 rings (SSSR count). The van der Waals surface area contributed by atoms with Crippen LogP contribution in [0.1, 0.15) is 17.5 Å². The predicted molar refractivity (Wildman–Crippen MR) is 53.8 cm³/mol. The van der Waals surface area contributed by atoms with Crippen LogP contribution in [0.4, 0.5) is 0 Å². The average Bonchev–Trinajstić information content (AvgIpc) is 2.88. The molecule has 70 valence electrons. The molecular weight excluding hydrogens is 174 g/mol. The molecule has 1 N–H and O–H groups in total. The predicted octanol–water partition coefficient (Wildman–Crippen LogP) is 1.96. The molecule has 3 nitrogen and oxygen atoms in total. The van der Waals surface area contributed by atoms with E-state index in [1.807, 2.05) is 0 Å². The fourth-order valence-corrected chi connectivity index (χ4v) is 2.17. The minimum atomic E-state index is 0.823. The second kappa shape index (κ2) is 2.94. The lowest BCUT2D eigenvalue weighted by molar-refractivity contribution is 0.911. The highest BCUT2D eigenvalue weighted by Crippen LogP contribution is 2.29. The molecule has 0 amide bonds. The Hall–Kier alpha value is -1.64. The van der Waals surface area contributed by atoms with Gasteiger partial charge < -0.3 is 0 Å². The van der Waals surface area contributed by atoms with Gasteiger partial charge in [-0.3, -0.25) is 5.10 Å². The molecule has 1 aromatic carbocycles. The summed E-state index contributed by atoms with van der Waals surface area (Å²) in [6.45, 7) is 0. The molecule has 0 radical (unpaired) electrons. The van der Waals surface area contributed by atoms with Crippen molar-refractivity contribution in [1.82, 2.24) is 15.2 Å². The zero-order chi connectivity index (χ0) is 9.38. The van der Waals surface area contributed by atoms with Gasteiger partial charge in [0.1, 0.15) is 6.33 Å². The topological polar surface area (TPSA) is 41.6 Å². The largest absolute Gasteiger partial charge is 0.265 e. The normalized spacial score (nSPS) is 14.3. The molecule has 0 fully saturated rings. The van der Waals surface area contributed by atoms with Crippen LogP contribution >= 0.6 is 0 Å². The first-order valence-corrected chi connectivity index (χ1v) is 4.92. The number of nitrogens with one attached hydrogen (secondary N) is 1. The van der Waals surface area contributed by atoms with Crippen molar-refractivity contribution in [2.45, 2.75) is 19.3 Å². The summed E-state index contributed by atoms with van der Waals surface area (Å²) in [5.41, 5.74) is 4.10. The van der Waals surface area contributed by atoms with Crippen LogP contribution in [0.2, 0.25) is 0 Å². The summed E-state index contributed by atoms with van der Waals surface area (Å²) in [7, 11) is 0. The lowest BCUT2D eigenvalue weighted by Crippen LogP contribution is -1.89. The van der Waals surface area contributed by atoms with Gasteiger partial charge in [0.25, 0.3) is 0 Å². The molecule has 3 heteroatoms. The van der Waals surface area contributed by atoms with Crippen LogP contribution in [0.15, 0.2) is 24.5 Å². The van der Waals surface area contributed by atoms with Crippen molar-refractivity contribution in [2.24, 2.45) is 0 Å². The fraction of sp³-hybridized carbons (Fsp3) is 0.273. The van der Waals surface area contributed by atoms with Crippen molar-refractivity contribution in [3.05, 3.63) is 35.7 Å². The highest BCUT2D eigenvalue weighted by molar-refractivity contribution is 5.62. The summed E-state index contributed by atoms with van der Waals surface area (Å²) in [4.78, 5) is 4.20. The van der Waals surface area contributed by atoms with Gasteiger partial charge in [-0.1, -0.05) is 18.2 Å². The first kappa shape index (κ1) is 7.74. The van der Waals surface area contributed by atoms with Gasteiger partial charge in [-0.25, -0.2) is 4.98 Å². The average molecular weight is 185 g/mol. The number of aromatic amines is 1. The van der Waals surface area contributed by atoms with Crippen LogP contribution in [0.3, 0.4) is 0 Å². The Labute approximate surface area is 82.2 Å². The number of aryl methyl sites for hydroxylation is 1. The van der Waals surface area contributed by atoms with Gasteiger partial charge in [-0.15, -0.1) is 0 Å². The Kier molecular flexibility index (Phi) is 1.63. The Bertz CT molecular complexity index is 446. The van der Waals surface area contributed by atoms with E-state index in [1.165, 1.54) is 36.0 Å². The van der Waals surface area contributed by atoms with Gasteiger partial charge >= 0.3 is 0 Å². The molecule has 0 atom stereocenters. The number of H-pyrrole nitrogens is 1. The van der Waals surface area contributed by atoms with Crippen LogP contribution < -0.4 is 0 Å². The van der Waals surface area contributed by atoms with E-state index in [4.69, 9.17) is 0 Å². The molecule has 0 bridgehead atoms. The standard InChI is InChI=1S/C11H11N3/c1-3-8-4-2-6-10(9(8)5-1)11-12-7-13-14-11/h2,4,6-7H,1,3,5H2,(H,12,13,14). The first-order chi connectivity index (χ1) is 6.95. The van der Waals surface area contributed by atoms with Crippen molar-refractivity contribution >= 4 is 0 Å². The molecule has 0 spiro atoms. The quantitative estimate of drug-likeness (QED) is 0.737. The molecule has 14 heavy (non-hydrogen) atoms. The maximum atomic E-state index is 4.20. The van der Waals surface area contributed by atoms with E-state index in [-0.39, 0.29) is 0 Å². The molecule has 1 aliphatic rings. The second-order valence-electron chi connectivity index (χ2n) is 3.62. The Balaban J connectivity index is 2.20. The monoisotopic (exact) mass is 185 g/mol. The van der Waals surface area contributed by atoms with Crippen LogP contribution in [0.25, 0.3) is 11.4 Å². The lowest BCUT2D eigenvalue weighted by atomic mass is 10.0. The van der Waals surface area contributed by atoms with Crippen LogP contribution in [-0.4, -0.2) is 15.2 Å². The third kappa shape index (κ3) is 1.05. The van der Waals surface area contributed by atoms with Gasteiger partial charge in [0.2, 0.25) is 0 Å². The molecule has 1 aromatic heterocycles. The molecular formula is C11H11N3. The van der Waals surface area contributed by atoms with E-state index in [9.17, 15) is 0 Å². The molecule has 1 heterocycles. The second-order valence-corrected chi connectivity index (χ2v) is 3.62. The number of benzene rings is 1. The summed E-state index contributed by atoms with van der Waals surface area (Å²) >= 11 is 0. The lowest BCUT2D eigenvalue weighted by Gasteiger charge is -2.03. The van der Waals surface area contributed by atoms with E-state index in [0.717, 1.165) is 5.82 Å². The SMILES string of the molecule is c1cc2c(c(-c3nc[nH]n3)c1)CCC2.